The number of benzene rings is 1. The van der Waals surface area contributed by atoms with E-state index in [0.717, 1.165) is 28.0 Å². The van der Waals surface area contributed by atoms with Crippen LogP contribution < -0.4 is 0 Å². The van der Waals surface area contributed by atoms with E-state index in [-0.39, 0.29) is 0 Å². The molecular formula is C12H16INOS. The van der Waals surface area contributed by atoms with Gasteiger partial charge in [0.05, 0.1) is 12.3 Å². The van der Waals surface area contributed by atoms with E-state index in [1.54, 1.807) is 0 Å². The minimum absolute atomic E-state index is 0.585. The van der Waals surface area contributed by atoms with Crippen LogP contribution in [0.3, 0.4) is 0 Å². The second kappa shape index (κ2) is 5.60. The van der Waals surface area contributed by atoms with Gasteiger partial charge in [-0.3, -0.25) is 0 Å². The Hall–Kier alpha value is 0.0600. The molecule has 16 heavy (non-hydrogen) atoms. The Kier molecular flexibility index (Phi) is 4.38. The first kappa shape index (κ1) is 12.5. The van der Waals surface area contributed by atoms with Gasteiger partial charge in [-0.1, -0.05) is 40.8 Å². The Morgan fingerprint density at radius 2 is 2.12 bits per heavy atom. The number of alkyl halides is 1. The van der Waals surface area contributed by atoms with Crippen LogP contribution in [0.25, 0.3) is 0 Å². The zero-order chi connectivity index (χ0) is 11.4. The summed E-state index contributed by atoms with van der Waals surface area (Å²) in [5.41, 5.74) is 0. The van der Waals surface area contributed by atoms with Crippen molar-refractivity contribution in [1.29, 1.82) is 0 Å². The Morgan fingerprint density at radius 1 is 1.38 bits per heavy atom. The molecule has 1 aliphatic heterocycles. The molecule has 0 bridgehead atoms. The summed E-state index contributed by atoms with van der Waals surface area (Å²) in [6, 6.07) is 9.73. The number of nitrogens with zero attached hydrogens (tertiary/aromatic N) is 1. The molecule has 0 aliphatic carbocycles. The first-order valence-corrected chi connectivity index (χ1v) is 8.77. The van der Waals surface area contributed by atoms with Crippen molar-refractivity contribution in [2.45, 2.75) is 17.7 Å². The van der Waals surface area contributed by atoms with Crippen molar-refractivity contribution in [3.8, 4) is 0 Å². The quantitative estimate of drug-likeness (QED) is 0.468. The third-order valence-electron chi connectivity index (χ3n) is 2.93. The number of hydrogen-bond donors (Lipinski definition) is 0. The molecule has 2 atom stereocenters. The molecule has 0 aromatic heterocycles. The topological polar surface area (TPSA) is 35.4 Å². The van der Waals surface area contributed by atoms with Crippen molar-refractivity contribution in [3.05, 3.63) is 30.3 Å². The lowest BCUT2D eigenvalue weighted by Crippen LogP contribution is -2.28. The first-order chi connectivity index (χ1) is 7.74. The number of rotatable bonds is 3. The minimum atomic E-state index is -2.12. The van der Waals surface area contributed by atoms with Gasteiger partial charge in [0.15, 0.2) is 0 Å². The van der Waals surface area contributed by atoms with Crippen LogP contribution in [-0.2, 0) is 10.1 Å². The summed E-state index contributed by atoms with van der Waals surface area (Å²) >= 11 is 2.39. The van der Waals surface area contributed by atoms with E-state index in [1.165, 1.54) is 6.42 Å². The van der Waals surface area contributed by atoms with Crippen LogP contribution in [-0.4, -0.2) is 21.3 Å². The van der Waals surface area contributed by atoms with E-state index in [4.69, 9.17) is 0 Å². The molecule has 0 spiro atoms. The first-order valence-electron chi connectivity index (χ1n) is 5.56. The molecule has 1 aromatic rings. The van der Waals surface area contributed by atoms with Gasteiger partial charge in [0.25, 0.3) is 0 Å². The van der Waals surface area contributed by atoms with Gasteiger partial charge in [0.2, 0.25) is 0 Å². The number of hydrogen-bond acceptors (Lipinski definition) is 2. The van der Waals surface area contributed by atoms with Gasteiger partial charge in [0, 0.05) is 5.92 Å². The van der Waals surface area contributed by atoms with Crippen molar-refractivity contribution < 1.29 is 4.55 Å². The third-order valence-corrected chi connectivity index (χ3v) is 6.08. The van der Waals surface area contributed by atoms with E-state index in [0.29, 0.717) is 5.92 Å². The van der Waals surface area contributed by atoms with Crippen LogP contribution in [0.15, 0.2) is 39.6 Å². The van der Waals surface area contributed by atoms with E-state index >= 15 is 0 Å². The molecular weight excluding hydrogens is 333 g/mol. The second-order valence-corrected chi connectivity index (χ2v) is 7.53. The maximum absolute atomic E-state index is 12.7. The van der Waals surface area contributed by atoms with Crippen LogP contribution in [0, 0.1) is 5.92 Å². The Balaban J connectivity index is 2.22. The van der Waals surface area contributed by atoms with E-state index < -0.39 is 10.1 Å². The monoisotopic (exact) mass is 349 g/mol. The fourth-order valence-corrected chi connectivity index (χ4v) is 5.31. The molecule has 2 rings (SSSR count). The third kappa shape index (κ3) is 2.84. The van der Waals surface area contributed by atoms with Crippen LogP contribution in [0.4, 0.5) is 0 Å². The molecule has 4 heteroatoms. The Labute approximate surface area is 112 Å². The smallest absolute Gasteiger partial charge is 0.136 e. The normalized spacial score (nSPS) is 29.8. The highest BCUT2D eigenvalue weighted by atomic mass is 127. The molecule has 1 aromatic carbocycles. The van der Waals surface area contributed by atoms with Gasteiger partial charge in [0.1, 0.15) is 4.90 Å². The lowest BCUT2D eigenvalue weighted by atomic mass is 10.1. The van der Waals surface area contributed by atoms with Crippen molar-refractivity contribution in [3.63, 3.8) is 0 Å². The summed E-state index contributed by atoms with van der Waals surface area (Å²) < 4.78 is 18.3. The molecule has 0 N–H and O–H groups in total. The summed E-state index contributed by atoms with van der Waals surface area (Å²) in [5.74, 6) is 1.34. The molecule has 2 nitrogen and oxygen atoms in total. The average molecular weight is 349 g/mol. The Bertz CT molecular complexity index is 393. The minimum Gasteiger partial charge on any atom is -0.626 e. The second-order valence-electron chi connectivity index (χ2n) is 4.11. The van der Waals surface area contributed by atoms with Crippen molar-refractivity contribution in [2.75, 3.05) is 16.7 Å². The summed E-state index contributed by atoms with van der Waals surface area (Å²) in [6.07, 6.45) is 2.27. The maximum atomic E-state index is 12.7. The lowest BCUT2D eigenvalue weighted by molar-refractivity contribution is 0.489. The zero-order valence-corrected chi connectivity index (χ0v) is 12.1. The van der Waals surface area contributed by atoms with Gasteiger partial charge in [-0.25, -0.2) is 0 Å². The molecule has 0 radical (unpaired) electrons. The van der Waals surface area contributed by atoms with Crippen LogP contribution >= 0.6 is 22.6 Å². The predicted molar refractivity (Wildman–Crippen MR) is 76.6 cm³/mol. The fourth-order valence-electron chi connectivity index (χ4n) is 2.02. The average Bonchev–Trinajstić information content (AvgIpc) is 2.31. The largest absolute Gasteiger partial charge is 0.626 e. The standard InChI is InChI=1S/C12H16INOS/c13-8-6-11-7-9-14-16(15,10-11)12-4-2-1-3-5-12/h1-5,11H,6-10H2/t11-,16?/m0/s1. The van der Waals surface area contributed by atoms with Gasteiger partial charge >= 0.3 is 0 Å². The van der Waals surface area contributed by atoms with Gasteiger partial charge in [-0.2, -0.15) is 0 Å². The highest BCUT2D eigenvalue weighted by Gasteiger charge is 2.26. The van der Waals surface area contributed by atoms with E-state index in [9.17, 15) is 4.55 Å². The Morgan fingerprint density at radius 3 is 2.81 bits per heavy atom. The van der Waals surface area contributed by atoms with E-state index in [2.05, 4.69) is 27.0 Å². The summed E-state index contributed by atoms with van der Waals surface area (Å²) in [7, 11) is -2.12. The van der Waals surface area contributed by atoms with Crippen LogP contribution in [0.2, 0.25) is 0 Å². The van der Waals surface area contributed by atoms with E-state index in [1.807, 2.05) is 30.3 Å². The van der Waals surface area contributed by atoms with Crippen LogP contribution in [0.1, 0.15) is 12.8 Å². The molecule has 88 valence electrons. The summed E-state index contributed by atoms with van der Waals surface area (Å²) in [4.78, 5) is 0.910. The fraction of sp³-hybridized carbons (Fsp3) is 0.500. The molecule has 0 saturated carbocycles. The highest BCUT2D eigenvalue weighted by Crippen LogP contribution is 2.29. The van der Waals surface area contributed by atoms with Gasteiger partial charge in [-0.15, -0.1) is 4.36 Å². The molecule has 1 aliphatic rings. The van der Waals surface area contributed by atoms with Gasteiger partial charge < -0.3 is 4.55 Å². The van der Waals surface area contributed by atoms with Crippen LogP contribution in [0.5, 0.6) is 0 Å². The number of halogens is 1. The maximum Gasteiger partial charge on any atom is 0.136 e. The molecule has 0 saturated heterocycles. The van der Waals surface area contributed by atoms with Crippen molar-refractivity contribution in [2.24, 2.45) is 10.3 Å². The predicted octanol–water partition coefficient (Wildman–Crippen LogP) is 3.36. The molecule has 0 amide bonds. The summed E-state index contributed by atoms with van der Waals surface area (Å²) in [6.45, 7) is 0.759. The zero-order valence-electron chi connectivity index (χ0n) is 9.14. The lowest BCUT2D eigenvalue weighted by Gasteiger charge is -2.30. The summed E-state index contributed by atoms with van der Waals surface area (Å²) in [5, 5.41) is 0. The van der Waals surface area contributed by atoms with Crippen molar-refractivity contribution in [1.82, 2.24) is 0 Å². The van der Waals surface area contributed by atoms with Gasteiger partial charge in [-0.05, 0) is 39.5 Å². The molecule has 1 heterocycles. The highest BCUT2D eigenvalue weighted by molar-refractivity contribution is 14.1. The molecule has 1 unspecified atom stereocenters. The van der Waals surface area contributed by atoms with Crippen molar-refractivity contribution >= 4 is 32.7 Å². The SMILES string of the molecule is [O-][S+]1(c2ccccc2)=NCC[C@H](CCI)C1. The molecule has 0 fully saturated rings.